The van der Waals surface area contributed by atoms with Crippen LogP contribution in [-0.2, 0) is 4.74 Å². The molecule has 2 fully saturated rings. The Morgan fingerprint density at radius 2 is 2.00 bits per heavy atom. The molecule has 0 heterocycles. The number of ether oxygens (including phenoxy) is 1. The van der Waals surface area contributed by atoms with Crippen molar-refractivity contribution in [3.05, 3.63) is 0 Å². The first-order valence-corrected chi connectivity index (χ1v) is 7.54. The Labute approximate surface area is 112 Å². The molecule has 2 N–H and O–H groups in total. The van der Waals surface area contributed by atoms with Crippen LogP contribution >= 0.6 is 0 Å². The van der Waals surface area contributed by atoms with Crippen molar-refractivity contribution < 1.29 is 4.74 Å². The Morgan fingerprint density at radius 3 is 2.67 bits per heavy atom. The van der Waals surface area contributed by atoms with Crippen molar-refractivity contribution in [1.82, 2.24) is 4.90 Å². The van der Waals surface area contributed by atoms with Crippen molar-refractivity contribution in [2.45, 2.75) is 58.0 Å². The molecule has 0 aliphatic heterocycles. The molecular weight excluding hydrogens is 224 g/mol. The van der Waals surface area contributed by atoms with Crippen LogP contribution in [0.25, 0.3) is 0 Å². The lowest BCUT2D eigenvalue weighted by atomic mass is 9.71. The molecule has 0 bridgehead atoms. The Kier molecular flexibility index (Phi) is 4.68. The van der Waals surface area contributed by atoms with Crippen molar-refractivity contribution in [3.8, 4) is 0 Å². The van der Waals surface area contributed by atoms with Crippen LogP contribution in [-0.4, -0.2) is 43.8 Å². The zero-order chi connectivity index (χ0) is 13.2. The minimum atomic E-state index is 0.284. The van der Waals surface area contributed by atoms with Crippen molar-refractivity contribution in [2.75, 3.05) is 26.8 Å². The summed E-state index contributed by atoms with van der Waals surface area (Å²) >= 11 is 0. The summed E-state index contributed by atoms with van der Waals surface area (Å²) in [5, 5.41) is 0. The zero-order valence-corrected chi connectivity index (χ0v) is 12.3. The third kappa shape index (κ3) is 3.69. The fraction of sp³-hybridized carbons (Fsp3) is 1.00. The largest absolute Gasteiger partial charge is 0.380 e. The molecule has 0 aromatic rings. The molecule has 3 heteroatoms. The molecule has 2 aliphatic rings. The standard InChI is InChI=1S/C15H30N2O/c1-15(2)8-4-5-13(14(15)16)17(3)9-10-18-11-12-6-7-12/h12-14H,4-11,16H2,1-3H3. The van der Waals surface area contributed by atoms with Crippen LogP contribution in [0.4, 0.5) is 0 Å². The summed E-state index contributed by atoms with van der Waals surface area (Å²) in [5.74, 6) is 0.867. The number of likely N-dealkylation sites (N-methyl/N-ethyl adjacent to an activating group) is 1. The van der Waals surface area contributed by atoms with Gasteiger partial charge in [0.1, 0.15) is 0 Å². The Hall–Kier alpha value is -0.120. The maximum atomic E-state index is 6.44. The normalized spacial score (nSPS) is 31.8. The van der Waals surface area contributed by atoms with Crippen molar-refractivity contribution in [1.29, 1.82) is 0 Å². The third-order valence-corrected chi connectivity index (χ3v) is 4.84. The summed E-state index contributed by atoms with van der Waals surface area (Å²) in [7, 11) is 2.20. The molecule has 0 aromatic carbocycles. The van der Waals surface area contributed by atoms with E-state index >= 15 is 0 Å². The van der Waals surface area contributed by atoms with Gasteiger partial charge in [0.15, 0.2) is 0 Å². The molecule has 2 saturated carbocycles. The number of rotatable bonds is 6. The van der Waals surface area contributed by atoms with Gasteiger partial charge in [0.2, 0.25) is 0 Å². The molecule has 2 aliphatic carbocycles. The quantitative estimate of drug-likeness (QED) is 0.739. The fourth-order valence-electron chi connectivity index (χ4n) is 3.04. The monoisotopic (exact) mass is 254 g/mol. The SMILES string of the molecule is CN(CCOCC1CC1)C1CCCC(C)(C)C1N. The lowest BCUT2D eigenvalue weighted by Crippen LogP contribution is -2.56. The van der Waals surface area contributed by atoms with E-state index in [0.29, 0.717) is 12.1 Å². The van der Waals surface area contributed by atoms with E-state index in [-0.39, 0.29) is 5.41 Å². The fourth-order valence-corrected chi connectivity index (χ4v) is 3.04. The minimum Gasteiger partial charge on any atom is -0.380 e. The average molecular weight is 254 g/mol. The van der Waals surface area contributed by atoms with Crippen LogP contribution in [0.5, 0.6) is 0 Å². The molecule has 0 saturated heterocycles. The smallest absolute Gasteiger partial charge is 0.0593 e. The first-order valence-electron chi connectivity index (χ1n) is 7.54. The first-order chi connectivity index (χ1) is 8.50. The minimum absolute atomic E-state index is 0.284. The molecule has 0 radical (unpaired) electrons. The number of hydrogen-bond acceptors (Lipinski definition) is 3. The van der Waals surface area contributed by atoms with Crippen molar-refractivity contribution >= 4 is 0 Å². The summed E-state index contributed by atoms with van der Waals surface area (Å²) in [5.41, 5.74) is 6.72. The summed E-state index contributed by atoms with van der Waals surface area (Å²) in [4.78, 5) is 2.42. The highest BCUT2D eigenvalue weighted by atomic mass is 16.5. The van der Waals surface area contributed by atoms with Gasteiger partial charge in [0, 0.05) is 25.2 Å². The van der Waals surface area contributed by atoms with Gasteiger partial charge < -0.3 is 10.5 Å². The van der Waals surface area contributed by atoms with Gasteiger partial charge in [0.25, 0.3) is 0 Å². The van der Waals surface area contributed by atoms with Gasteiger partial charge in [-0.05, 0) is 44.1 Å². The zero-order valence-electron chi connectivity index (χ0n) is 12.3. The topological polar surface area (TPSA) is 38.5 Å². The van der Waals surface area contributed by atoms with Gasteiger partial charge in [-0.1, -0.05) is 20.3 Å². The van der Waals surface area contributed by atoms with Gasteiger partial charge in [-0.15, -0.1) is 0 Å². The second-order valence-corrected chi connectivity index (χ2v) is 6.97. The molecule has 3 nitrogen and oxygen atoms in total. The predicted octanol–water partition coefficient (Wildman–Crippen LogP) is 2.25. The highest BCUT2D eigenvalue weighted by Gasteiger charge is 2.37. The molecule has 0 amide bonds. The molecule has 2 rings (SSSR count). The lowest BCUT2D eigenvalue weighted by molar-refractivity contribution is 0.0506. The summed E-state index contributed by atoms with van der Waals surface area (Å²) in [6.07, 6.45) is 6.55. The summed E-state index contributed by atoms with van der Waals surface area (Å²) < 4.78 is 5.72. The van der Waals surface area contributed by atoms with Gasteiger partial charge >= 0.3 is 0 Å². The Bertz CT molecular complexity index is 263. The van der Waals surface area contributed by atoms with Crippen LogP contribution in [0, 0.1) is 11.3 Å². The maximum Gasteiger partial charge on any atom is 0.0593 e. The molecular formula is C15H30N2O. The molecule has 18 heavy (non-hydrogen) atoms. The maximum absolute atomic E-state index is 6.44. The Morgan fingerprint density at radius 1 is 1.28 bits per heavy atom. The molecule has 2 unspecified atom stereocenters. The van der Waals surface area contributed by atoms with E-state index in [0.717, 1.165) is 25.7 Å². The number of nitrogens with two attached hydrogens (primary N) is 1. The van der Waals surface area contributed by atoms with Crippen LogP contribution in [0.3, 0.4) is 0 Å². The van der Waals surface area contributed by atoms with Gasteiger partial charge in [-0.3, -0.25) is 4.90 Å². The highest BCUT2D eigenvalue weighted by molar-refractivity contribution is 4.95. The van der Waals surface area contributed by atoms with Crippen LogP contribution < -0.4 is 5.73 Å². The number of nitrogens with zero attached hydrogens (tertiary/aromatic N) is 1. The first kappa shape index (κ1) is 14.3. The Balaban J connectivity index is 1.71. The van der Waals surface area contributed by atoms with Crippen LogP contribution in [0.15, 0.2) is 0 Å². The van der Waals surface area contributed by atoms with Gasteiger partial charge in [-0.2, -0.15) is 0 Å². The molecule has 0 spiro atoms. The van der Waals surface area contributed by atoms with E-state index in [4.69, 9.17) is 10.5 Å². The van der Waals surface area contributed by atoms with E-state index in [1.165, 1.54) is 32.1 Å². The van der Waals surface area contributed by atoms with Crippen molar-refractivity contribution in [3.63, 3.8) is 0 Å². The average Bonchev–Trinajstić information content (AvgIpc) is 3.12. The van der Waals surface area contributed by atoms with Crippen molar-refractivity contribution in [2.24, 2.45) is 17.1 Å². The van der Waals surface area contributed by atoms with E-state index in [1.807, 2.05) is 0 Å². The molecule has 2 atom stereocenters. The predicted molar refractivity (Wildman–Crippen MR) is 75.6 cm³/mol. The van der Waals surface area contributed by atoms with E-state index in [2.05, 4.69) is 25.8 Å². The summed E-state index contributed by atoms with van der Waals surface area (Å²) in [6, 6.07) is 0.818. The van der Waals surface area contributed by atoms with E-state index in [1.54, 1.807) is 0 Å². The molecule has 0 aromatic heterocycles. The summed E-state index contributed by atoms with van der Waals surface area (Å²) in [6.45, 7) is 7.45. The van der Waals surface area contributed by atoms with Gasteiger partial charge in [-0.25, -0.2) is 0 Å². The highest BCUT2D eigenvalue weighted by Crippen LogP contribution is 2.36. The second-order valence-electron chi connectivity index (χ2n) is 6.97. The second kappa shape index (κ2) is 5.89. The number of hydrogen-bond donors (Lipinski definition) is 1. The third-order valence-electron chi connectivity index (χ3n) is 4.84. The van der Waals surface area contributed by atoms with E-state index in [9.17, 15) is 0 Å². The molecule has 106 valence electrons. The van der Waals surface area contributed by atoms with Gasteiger partial charge in [0.05, 0.1) is 6.61 Å². The van der Waals surface area contributed by atoms with Crippen LogP contribution in [0.2, 0.25) is 0 Å². The lowest BCUT2D eigenvalue weighted by Gasteiger charge is -2.45. The van der Waals surface area contributed by atoms with E-state index < -0.39 is 0 Å². The van der Waals surface area contributed by atoms with Crippen LogP contribution in [0.1, 0.15) is 46.0 Å².